The van der Waals surface area contributed by atoms with Crippen molar-refractivity contribution in [3.63, 3.8) is 0 Å². The number of nitrogens with one attached hydrogen (secondary N) is 1. The van der Waals surface area contributed by atoms with Crippen LogP contribution in [0.25, 0.3) is 0 Å². The molecule has 0 bridgehead atoms. The third-order valence-electron chi connectivity index (χ3n) is 7.33. The molecule has 0 spiro atoms. The first kappa shape index (κ1) is 37.6. The van der Waals surface area contributed by atoms with E-state index >= 15 is 0 Å². The Morgan fingerprint density at radius 2 is 1.35 bits per heavy atom. The molecule has 43 heavy (non-hydrogen) atoms. The standard InChI is InChI=1S/C32H41ClN4O2S.3ClH/c1-25(2)34-14-22-38-27-9-11-28(12-10-27)39-23-21-36-19-17-35(18-20-36)15-5-16-37-29-6-3-4-7-31(29)40-32-13-8-26(33)24-30(32)37;;;/h3-4,6-13,24-25,34H,5,14-23H2,1-2H3;3*1H. The van der Waals surface area contributed by atoms with Crippen molar-refractivity contribution in [2.24, 2.45) is 0 Å². The first-order valence-corrected chi connectivity index (χ1v) is 15.6. The highest BCUT2D eigenvalue weighted by Crippen LogP contribution is 2.48. The lowest BCUT2D eigenvalue weighted by atomic mass is 10.2. The third kappa shape index (κ3) is 11.1. The summed E-state index contributed by atoms with van der Waals surface area (Å²) in [4.78, 5) is 10.1. The molecule has 2 heterocycles. The van der Waals surface area contributed by atoms with Gasteiger partial charge >= 0.3 is 0 Å². The van der Waals surface area contributed by atoms with Gasteiger partial charge in [-0.05, 0) is 67.6 Å². The minimum atomic E-state index is 0. The van der Waals surface area contributed by atoms with Crippen LogP contribution in [0.15, 0.2) is 76.5 Å². The smallest absolute Gasteiger partial charge is 0.119 e. The monoisotopic (exact) mass is 688 g/mol. The van der Waals surface area contributed by atoms with E-state index in [-0.39, 0.29) is 37.2 Å². The van der Waals surface area contributed by atoms with Crippen LogP contribution >= 0.6 is 60.6 Å². The Morgan fingerprint density at radius 3 is 2.02 bits per heavy atom. The van der Waals surface area contributed by atoms with Crippen molar-refractivity contribution in [2.45, 2.75) is 36.1 Å². The van der Waals surface area contributed by atoms with Gasteiger partial charge in [0.1, 0.15) is 24.7 Å². The zero-order valence-corrected chi connectivity index (χ0v) is 28.9. The third-order valence-corrected chi connectivity index (χ3v) is 8.70. The lowest BCUT2D eigenvalue weighted by Gasteiger charge is -2.36. The number of nitrogens with zero attached hydrogens (tertiary/aromatic N) is 3. The summed E-state index contributed by atoms with van der Waals surface area (Å²) in [7, 11) is 0. The molecule has 1 saturated heterocycles. The van der Waals surface area contributed by atoms with Gasteiger partial charge in [0.05, 0.1) is 11.4 Å². The number of piperazine rings is 1. The molecule has 2 aliphatic heterocycles. The van der Waals surface area contributed by atoms with Gasteiger partial charge in [0.2, 0.25) is 0 Å². The largest absolute Gasteiger partial charge is 0.492 e. The number of hydrogen-bond donors (Lipinski definition) is 1. The van der Waals surface area contributed by atoms with E-state index in [2.05, 4.69) is 70.3 Å². The van der Waals surface area contributed by atoms with Gasteiger partial charge in [-0.3, -0.25) is 4.90 Å². The van der Waals surface area contributed by atoms with E-state index in [0.717, 1.165) is 75.3 Å². The molecule has 0 amide bonds. The van der Waals surface area contributed by atoms with Crippen LogP contribution < -0.4 is 19.7 Å². The molecule has 3 aromatic rings. The number of halogens is 4. The zero-order valence-electron chi connectivity index (χ0n) is 24.9. The summed E-state index contributed by atoms with van der Waals surface area (Å²) in [5.74, 6) is 1.78. The minimum absolute atomic E-state index is 0. The van der Waals surface area contributed by atoms with Crippen molar-refractivity contribution in [3.8, 4) is 11.5 Å². The molecule has 1 N–H and O–H groups in total. The molecule has 3 aromatic carbocycles. The molecule has 0 saturated carbocycles. The van der Waals surface area contributed by atoms with E-state index in [1.807, 2.05) is 42.1 Å². The van der Waals surface area contributed by atoms with Gasteiger partial charge in [-0.1, -0.05) is 49.3 Å². The van der Waals surface area contributed by atoms with Crippen LogP contribution in [0.3, 0.4) is 0 Å². The summed E-state index contributed by atoms with van der Waals surface area (Å²) in [6, 6.07) is 23.4. The molecule has 5 rings (SSSR count). The Hall–Kier alpha value is -1.55. The maximum absolute atomic E-state index is 6.38. The SMILES string of the molecule is CC(C)NCCOc1ccc(OCCN2CCN(CCCN3c4ccccc4Sc4ccc(Cl)cc43)CC2)cc1.Cl.Cl.Cl. The van der Waals surface area contributed by atoms with Crippen molar-refractivity contribution in [1.29, 1.82) is 0 Å². The molecule has 238 valence electrons. The van der Waals surface area contributed by atoms with Crippen LogP contribution in [0.1, 0.15) is 20.3 Å². The maximum Gasteiger partial charge on any atom is 0.119 e. The van der Waals surface area contributed by atoms with Gasteiger partial charge in [-0.15, -0.1) is 37.2 Å². The van der Waals surface area contributed by atoms with Crippen molar-refractivity contribution < 1.29 is 9.47 Å². The van der Waals surface area contributed by atoms with E-state index in [9.17, 15) is 0 Å². The van der Waals surface area contributed by atoms with Gasteiger partial charge in [0.25, 0.3) is 0 Å². The quantitative estimate of drug-likeness (QED) is 0.185. The van der Waals surface area contributed by atoms with Gasteiger partial charge in [0.15, 0.2) is 0 Å². The number of benzene rings is 3. The Bertz CT molecular complexity index is 1230. The van der Waals surface area contributed by atoms with E-state index in [4.69, 9.17) is 21.1 Å². The highest BCUT2D eigenvalue weighted by molar-refractivity contribution is 7.99. The van der Waals surface area contributed by atoms with Gasteiger partial charge in [-0.2, -0.15) is 0 Å². The molecule has 1 fully saturated rings. The predicted octanol–water partition coefficient (Wildman–Crippen LogP) is 7.67. The van der Waals surface area contributed by atoms with Crippen molar-refractivity contribution in [3.05, 3.63) is 71.8 Å². The Morgan fingerprint density at radius 1 is 0.744 bits per heavy atom. The van der Waals surface area contributed by atoms with Gasteiger partial charge < -0.3 is 24.6 Å². The number of fused-ring (bicyclic) bond motifs is 2. The van der Waals surface area contributed by atoms with Crippen LogP contribution in [-0.2, 0) is 0 Å². The lowest BCUT2D eigenvalue weighted by Crippen LogP contribution is -2.47. The molecule has 0 unspecified atom stereocenters. The van der Waals surface area contributed by atoms with E-state index < -0.39 is 0 Å². The number of anilines is 2. The average molecular weight is 691 g/mol. The summed E-state index contributed by atoms with van der Waals surface area (Å²) in [6.45, 7) is 13.9. The fourth-order valence-electron chi connectivity index (χ4n) is 5.17. The molecule has 11 heteroatoms. The topological polar surface area (TPSA) is 40.2 Å². The molecule has 2 aliphatic rings. The van der Waals surface area contributed by atoms with Crippen molar-refractivity contribution in [2.75, 3.05) is 70.5 Å². The minimum Gasteiger partial charge on any atom is -0.492 e. The molecular weight excluding hydrogens is 646 g/mol. The molecule has 0 aliphatic carbocycles. The molecule has 0 radical (unpaired) electrons. The lowest BCUT2D eigenvalue weighted by molar-refractivity contribution is 0.116. The predicted molar refractivity (Wildman–Crippen MR) is 189 cm³/mol. The number of hydrogen-bond acceptors (Lipinski definition) is 7. The van der Waals surface area contributed by atoms with Crippen molar-refractivity contribution in [1.82, 2.24) is 15.1 Å². The average Bonchev–Trinajstić information content (AvgIpc) is 2.96. The second-order valence-corrected chi connectivity index (χ2v) is 12.2. The first-order chi connectivity index (χ1) is 19.5. The molecule has 6 nitrogen and oxygen atoms in total. The zero-order chi connectivity index (χ0) is 27.7. The van der Waals surface area contributed by atoms with E-state index in [0.29, 0.717) is 19.3 Å². The second-order valence-electron chi connectivity index (χ2n) is 10.6. The fraction of sp³-hybridized carbons (Fsp3) is 0.438. The molecule has 0 atom stereocenters. The number of rotatable bonds is 13. The van der Waals surface area contributed by atoms with Crippen LogP contribution in [-0.4, -0.2) is 81.4 Å². The fourth-order valence-corrected chi connectivity index (χ4v) is 6.42. The summed E-state index contributed by atoms with van der Waals surface area (Å²) >= 11 is 8.21. The second kappa shape index (κ2) is 19.1. The summed E-state index contributed by atoms with van der Waals surface area (Å²) < 4.78 is 11.8. The van der Waals surface area contributed by atoms with Crippen LogP contribution in [0.2, 0.25) is 5.02 Å². The normalized spacial score (nSPS) is 14.6. The maximum atomic E-state index is 6.38. The number of para-hydroxylation sites is 1. The highest BCUT2D eigenvalue weighted by atomic mass is 35.5. The number of ether oxygens (including phenoxy) is 2. The van der Waals surface area contributed by atoms with Gasteiger partial charge in [-0.25, -0.2) is 0 Å². The van der Waals surface area contributed by atoms with Gasteiger partial charge in [0, 0.05) is 66.7 Å². The molecule has 0 aromatic heterocycles. The summed E-state index contributed by atoms with van der Waals surface area (Å²) in [5.41, 5.74) is 2.51. The summed E-state index contributed by atoms with van der Waals surface area (Å²) in [6.07, 6.45) is 1.11. The van der Waals surface area contributed by atoms with Crippen LogP contribution in [0.4, 0.5) is 11.4 Å². The van der Waals surface area contributed by atoms with Crippen LogP contribution in [0, 0.1) is 0 Å². The Balaban J connectivity index is 0.00000215. The summed E-state index contributed by atoms with van der Waals surface area (Å²) in [5, 5.41) is 4.15. The van der Waals surface area contributed by atoms with E-state index in [1.54, 1.807) is 0 Å². The Kier molecular flexibility index (Phi) is 16.7. The Labute approximate surface area is 285 Å². The molecular formula is C32H44Cl4N4O2S. The van der Waals surface area contributed by atoms with Crippen LogP contribution in [0.5, 0.6) is 11.5 Å². The first-order valence-electron chi connectivity index (χ1n) is 14.4. The highest BCUT2D eigenvalue weighted by Gasteiger charge is 2.24. The van der Waals surface area contributed by atoms with E-state index in [1.165, 1.54) is 21.2 Å². The van der Waals surface area contributed by atoms with Crippen molar-refractivity contribution >= 4 is 72.0 Å².